The fraction of sp³-hybridized carbons (Fsp3) is 0.333. The molecule has 0 spiro atoms. The molecule has 86 valence electrons. The largest absolute Gasteiger partial charge is 0.432 e. The van der Waals surface area contributed by atoms with Gasteiger partial charge in [0, 0.05) is 26.1 Å². The molecule has 0 aliphatic carbocycles. The molecule has 0 radical (unpaired) electrons. The summed E-state index contributed by atoms with van der Waals surface area (Å²) in [5.41, 5.74) is 0.700. The van der Waals surface area contributed by atoms with Crippen molar-refractivity contribution in [2.45, 2.75) is 13.3 Å². The van der Waals surface area contributed by atoms with E-state index in [9.17, 15) is 4.79 Å². The lowest BCUT2D eigenvalue weighted by Crippen LogP contribution is -2.24. The van der Waals surface area contributed by atoms with Crippen molar-refractivity contribution >= 4 is 23.2 Å². The van der Waals surface area contributed by atoms with Crippen molar-refractivity contribution in [3.63, 3.8) is 0 Å². The van der Waals surface area contributed by atoms with Crippen LogP contribution in [-0.2, 0) is 0 Å². The van der Waals surface area contributed by atoms with Crippen molar-refractivity contribution < 1.29 is 9.53 Å². The second-order valence-corrected chi connectivity index (χ2v) is 3.91. The fourth-order valence-electron chi connectivity index (χ4n) is 1.11. The number of ketones is 1. The van der Waals surface area contributed by atoms with Crippen molar-refractivity contribution in [2.24, 2.45) is 0 Å². The monoisotopic (exact) mass is 237 g/mol. The molecule has 1 aromatic rings. The van der Waals surface area contributed by atoms with E-state index in [0.29, 0.717) is 22.9 Å². The second kappa shape index (κ2) is 5.61. The molecule has 4 heteroatoms. The van der Waals surface area contributed by atoms with Crippen LogP contribution in [0.3, 0.4) is 0 Å². The summed E-state index contributed by atoms with van der Waals surface area (Å²) in [7, 11) is 3.63. The summed E-state index contributed by atoms with van der Waals surface area (Å²) in [5.74, 6) is 0.771. The minimum Gasteiger partial charge on any atom is -0.432 e. The molecule has 0 aromatic heterocycles. The van der Waals surface area contributed by atoms with Gasteiger partial charge < -0.3 is 9.64 Å². The van der Waals surface area contributed by atoms with Crippen LogP contribution >= 0.6 is 12.2 Å². The molecule has 0 saturated carbocycles. The molecule has 0 amide bonds. The standard InChI is InChI=1S/C12H15NO2S/c1-4-11(14)9-5-7-10(8-6-9)15-12(16)13(2)3/h5-8H,4H2,1-3H3. The van der Waals surface area contributed by atoms with Gasteiger partial charge in [-0.2, -0.15) is 0 Å². The molecule has 3 nitrogen and oxygen atoms in total. The van der Waals surface area contributed by atoms with E-state index in [-0.39, 0.29) is 5.78 Å². The van der Waals surface area contributed by atoms with E-state index < -0.39 is 0 Å². The van der Waals surface area contributed by atoms with E-state index in [1.165, 1.54) is 0 Å². The molecule has 0 heterocycles. The molecular weight excluding hydrogens is 222 g/mol. The highest BCUT2D eigenvalue weighted by Crippen LogP contribution is 2.14. The smallest absolute Gasteiger partial charge is 0.264 e. The maximum absolute atomic E-state index is 11.4. The quantitative estimate of drug-likeness (QED) is 0.597. The maximum Gasteiger partial charge on any atom is 0.264 e. The minimum absolute atomic E-state index is 0.127. The average Bonchev–Trinajstić information content (AvgIpc) is 2.28. The lowest BCUT2D eigenvalue weighted by atomic mass is 10.1. The van der Waals surface area contributed by atoms with E-state index in [4.69, 9.17) is 17.0 Å². The Bertz CT molecular complexity index is 385. The summed E-state index contributed by atoms with van der Waals surface area (Å²) in [6, 6.07) is 7.00. The summed E-state index contributed by atoms with van der Waals surface area (Å²) >= 11 is 5.00. The highest BCUT2D eigenvalue weighted by molar-refractivity contribution is 7.80. The molecule has 1 aromatic carbocycles. The number of rotatable bonds is 3. The molecule has 0 bridgehead atoms. The number of benzene rings is 1. The van der Waals surface area contributed by atoms with Crippen LogP contribution in [0.2, 0.25) is 0 Å². The van der Waals surface area contributed by atoms with Crippen molar-refractivity contribution in [3.8, 4) is 5.75 Å². The van der Waals surface area contributed by atoms with E-state index in [1.807, 2.05) is 21.0 Å². The summed E-state index contributed by atoms with van der Waals surface area (Å²) < 4.78 is 5.39. The predicted octanol–water partition coefficient (Wildman–Crippen LogP) is 2.50. The van der Waals surface area contributed by atoms with E-state index in [0.717, 1.165) is 0 Å². The SMILES string of the molecule is CCC(=O)c1ccc(OC(=S)N(C)C)cc1. The number of nitrogens with zero attached hydrogens (tertiary/aromatic N) is 1. The summed E-state index contributed by atoms with van der Waals surface area (Å²) in [6.07, 6.45) is 0.510. The number of thiocarbonyl (C=S) groups is 1. The average molecular weight is 237 g/mol. The van der Waals surface area contributed by atoms with Gasteiger partial charge in [0.15, 0.2) is 5.78 Å². The van der Waals surface area contributed by atoms with Crippen molar-refractivity contribution in [1.29, 1.82) is 0 Å². The third-order valence-electron chi connectivity index (χ3n) is 2.07. The van der Waals surface area contributed by atoms with E-state index >= 15 is 0 Å². The molecule has 16 heavy (non-hydrogen) atoms. The first kappa shape index (κ1) is 12.6. The normalized spacial score (nSPS) is 9.69. The number of hydrogen-bond acceptors (Lipinski definition) is 3. The van der Waals surface area contributed by atoms with Crippen LogP contribution in [0, 0.1) is 0 Å². The third kappa shape index (κ3) is 3.31. The molecular formula is C12H15NO2S. The van der Waals surface area contributed by atoms with Gasteiger partial charge in [-0.1, -0.05) is 6.92 Å². The van der Waals surface area contributed by atoms with Crippen LogP contribution in [0.5, 0.6) is 5.75 Å². The van der Waals surface area contributed by atoms with Gasteiger partial charge in [-0.3, -0.25) is 4.79 Å². The molecule has 1 rings (SSSR count). The first-order valence-corrected chi connectivity index (χ1v) is 5.47. The van der Waals surface area contributed by atoms with E-state index in [2.05, 4.69) is 0 Å². The zero-order valence-corrected chi connectivity index (χ0v) is 10.5. The molecule has 0 fully saturated rings. The lowest BCUT2D eigenvalue weighted by Gasteiger charge is -2.14. The number of Topliss-reactive ketones (excluding diaryl/α,β-unsaturated/α-hetero) is 1. The van der Waals surface area contributed by atoms with Gasteiger partial charge in [-0.05, 0) is 36.5 Å². The van der Waals surface area contributed by atoms with Gasteiger partial charge in [0.1, 0.15) is 5.75 Å². The Hall–Kier alpha value is -1.42. The van der Waals surface area contributed by atoms with Crippen LogP contribution in [0.15, 0.2) is 24.3 Å². The van der Waals surface area contributed by atoms with Gasteiger partial charge in [0.05, 0.1) is 0 Å². The van der Waals surface area contributed by atoms with Crippen LogP contribution in [0.25, 0.3) is 0 Å². The van der Waals surface area contributed by atoms with Gasteiger partial charge >= 0.3 is 0 Å². The first-order chi connectivity index (χ1) is 7.54. The zero-order valence-electron chi connectivity index (χ0n) is 9.69. The summed E-state index contributed by atoms with van der Waals surface area (Å²) in [4.78, 5) is 13.1. The highest BCUT2D eigenvalue weighted by atomic mass is 32.1. The topological polar surface area (TPSA) is 29.5 Å². The Balaban J connectivity index is 2.72. The van der Waals surface area contributed by atoms with Crippen LogP contribution in [-0.4, -0.2) is 30.0 Å². The predicted molar refractivity (Wildman–Crippen MR) is 68.0 cm³/mol. The summed E-state index contributed by atoms with van der Waals surface area (Å²) in [5, 5.41) is 0.398. The first-order valence-electron chi connectivity index (χ1n) is 5.07. The molecule has 0 saturated heterocycles. The number of carbonyl (C=O) groups is 1. The molecule has 0 aliphatic heterocycles. The molecule has 0 atom stereocenters. The Labute approximate surface area is 101 Å². The van der Waals surface area contributed by atoms with Gasteiger partial charge in [-0.25, -0.2) is 0 Å². The van der Waals surface area contributed by atoms with Crippen LogP contribution in [0.1, 0.15) is 23.7 Å². The van der Waals surface area contributed by atoms with E-state index in [1.54, 1.807) is 29.2 Å². The number of carbonyl (C=O) groups excluding carboxylic acids is 1. The molecule has 0 aliphatic rings. The van der Waals surface area contributed by atoms with Gasteiger partial charge in [0.2, 0.25) is 0 Å². The van der Waals surface area contributed by atoms with Gasteiger partial charge in [0.25, 0.3) is 5.17 Å². The fourth-order valence-corrected chi connectivity index (χ4v) is 1.20. The van der Waals surface area contributed by atoms with Crippen molar-refractivity contribution in [2.75, 3.05) is 14.1 Å². The minimum atomic E-state index is 0.127. The zero-order chi connectivity index (χ0) is 12.1. The molecule has 0 unspecified atom stereocenters. The third-order valence-corrected chi connectivity index (χ3v) is 2.52. The van der Waals surface area contributed by atoms with Crippen molar-refractivity contribution in [1.82, 2.24) is 4.90 Å². The number of ether oxygens (including phenoxy) is 1. The van der Waals surface area contributed by atoms with Gasteiger partial charge in [-0.15, -0.1) is 0 Å². The molecule has 0 N–H and O–H groups in total. The Morgan fingerprint density at radius 2 is 1.88 bits per heavy atom. The maximum atomic E-state index is 11.4. The Morgan fingerprint density at radius 3 is 2.31 bits per heavy atom. The lowest BCUT2D eigenvalue weighted by molar-refractivity contribution is 0.0988. The second-order valence-electron chi connectivity index (χ2n) is 3.56. The van der Waals surface area contributed by atoms with Crippen molar-refractivity contribution in [3.05, 3.63) is 29.8 Å². The Kier molecular flexibility index (Phi) is 4.43. The van der Waals surface area contributed by atoms with Crippen LogP contribution in [0.4, 0.5) is 0 Å². The Morgan fingerprint density at radius 1 is 1.31 bits per heavy atom. The van der Waals surface area contributed by atoms with Crippen LogP contribution < -0.4 is 4.74 Å². The number of hydrogen-bond donors (Lipinski definition) is 0. The summed E-state index contributed by atoms with van der Waals surface area (Å²) in [6.45, 7) is 1.84. The highest BCUT2D eigenvalue weighted by Gasteiger charge is 2.05.